The van der Waals surface area contributed by atoms with Gasteiger partial charge < -0.3 is 15.5 Å². The first-order valence-corrected chi connectivity index (χ1v) is 15.0. The zero-order chi connectivity index (χ0) is 31.2. The number of nitriles is 1. The summed E-state index contributed by atoms with van der Waals surface area (Å²) in [6.45, 7) is 9.58. The molecular weight excluding hydrogens is 600 g/mol. The number of hydrogen-bond acceptors (Lipinski definition) is 8. The second kappa shape index (κ2) is 14.0. The Kier molecular flexibility index (Phi) is 9.90. The Morgan fingerprint density at radius 3 is 2.70 bits per heavy atom. The van der Waals surface area contributed by atoms with Gasteiger partial charge in [-0.05, 0) is 61.4 Å². The molecule has 0 unspecified atom stereocenters. The molecule has 1 saturated heterocycles. The minimum Gasteiger partial charge on any atom is -0.373 e. The van der Waals surface area contributed by atoms with Crippen molar-refractivity contribution >= 4 is 57.4 Å². The number of rotatable bonds is 10. The lowest BCUT2D eigenvalue weighted by atomic mass is 10.0. The number of piperidine rings is 1. The summed E-state index contributed by atoms with van der Waals surface area (Å²) in [5.74, 6) is -0.541. The van der Waals surface area contributed by atoms with E-state index in [1.807, 2.05) is 29.1 Å². The van der Waals surface area contributed by atoms with E-state index in [-0.39, 0.29) is 16.6 Å². The third-order valence-electron chi connectivity index (χ3n) is 7.66. The van der Waals surface area contributed by atoms with Gasteiger partial charge >= 0.3 is 0 Å². The number of nitrogens with one attached hydrogen (secondary N) is 2. The van der Waals surface area contributed by atoms with Crippen LogP contribution in [0.4, 0.5) is 21.5 Å². The second-order valence-electron chi connectivity index (χ2n) is 10.5. The van der Waals surface area contributed by atoms with Crippen LogP contribution >= 0.6 is 23.2 Å². The van der Waals surface area contributed by atoms with Crippen LogP contribution in [0.5, 0.6) is 0 Å². The summed E-state index contributed by atoms with van der Waals surface area (Å²) >= 11 is 12.8. The van der Waals surface area contributed by atoms with Crippen LogP contribution in [0.1, 0.15) is 43.1 Å². The molecule has 2 N–H and O–H groups in total. The number of allylic oxidation sites excluding steroid dienone is 1. The van der Waals surface area contributed by atoms with Gasteiger partial charge in [0, 0.05) is 49.3 Å². The standard InChI is InChI=1S/C32H32Cl2FN9/c1-4-43-12-9-24(10-13-43)44-19-29(41-42-44)30(20(2)6-5-11-37-3)40-23-14-25-31(39-22-7-8-28(35)26(33)15-22)21(17-36)18-38-32(25)27(34)16-23/h5-8,11,14-16,18-19,24,30,40H,2,4,9-10,12-13H2,1,3H3,(H,38,39)/b6-5-,37-11?/t30-/m0/s1. The van der Waals surface area contributed by atoms with Crippen molar-refractivity contribution in [1.82, 2.24) is 24.9 Å². The Morgan fingerprint density at radius 1 is 1.23 bits per heavy atom. The van der Waals surface area contributed by atoms with E-state index < -0.39 is 11.9 Å². The predicted octanol–water partition coefficient (Wildman–Crippen LogP) is 7.51. The predicted molar refractivity (Wildman–Crippen MR) is 176 cm³/mol. The maximum absolute atomic E-state index is 13.8. The van der Waals surface area contributed by atoms with Crippen LogP contribution in [0.2, 0.25) is 10.0 Å². The van der Waals surface area contributed by atoms with Crippen LogP contribution in [-0.2, 0) is 0 Å². The highest BCUT2D eigenvalue weighted by atomic mass is 35.5. The molecule has 0 spiro atoms. The van der Waals surface area contributed by atoms with E-state index in [0.717, 1.165) is 38.0 Å². The van der Waals surface area contributed by atoms with Crippen molar-refractivity contribution in [1.29, 1.82) is 5.26 Å². The number of anilines is 3. The summed E-state index contributed by atoms with van der Waals surface area (Å²) in [5, 5.41) is 26.6. The van der Waals surface area contributed by atoms with Crippen LogP contribution in [0.3, 0.4) is 0 Å². The fourth-order valence-electron chi connectivity index (χ4n) is 5.25. The van der Waals surface area contributed by atoms with Gasteiger partial charge in [0.1, 0.15) is 17.6 Å². The molecule has 1 aliphatic heterocycles. The third kappa shape index (κ3) is 6.91. The molecular formula is C32H32Cl2FN9. The quantitative estimate of drug-likeness (QED) is 0.138. The molecule has 1 atom stereocenters. The maximum atomic E-state index is 13.8. The number of halogens is 3. The topological polar surface area (TPSA) is 107 Å². The van der Waals surface area contributed by atoms with Crippen molar-refractivity contribution in [3.8, 4) is 6.07 Å². The number of likely N-dealkylation sites (tertiary alicyclic amines) is 1. The number of hydrogen-bond donors (Lipinski definition) is 2. The molecule has 3 heterocycles. The molecule has 2 aromatic carbocycles. The zero-order valence-electron chi connectivity index (χ0n) is 24.4. The smallest absolute Gasteiger partial charge is 0.141 e. The van der Waals surface area contributed by atoms with Crippen molar-refractivity contribution in [3.05, 3.63) is 94.1 Å². The summed E-state index contributed by atoms with van der Waals surface area (Å²) < 4.78 is 15.8. The molecule has 44 heavy (non-hydrogen) atoms. The van der Waals surface area contributed by atoms with Gasteiger partial charge in [0.2, 0.25) is 0 Å². The number of aromatic nitrogens is 4. The van der Waals surface area contributed by atoms with E-state index in [4.69, 9.17) is 23.2 Å². The van der Waals surface area contributed by atoms with E-state index in [2.05, 4.69) is 55.4 Å². The normalized spacial score (nSPS) is 15.2. The highest BCUT2D eigenvalue weighted by molar-refractivity contribution is 6.36. The monoisotopic (exact) mass is 631 g/mol. The summed E-state index contributed by atoms with van der Waals surface area (Å²) in [7, 11) is 1.70. The number of benzene rings is 2. The molecule has 0 amide bonds. The SMILES string of the molecule is C=C(/C=C\C=NC)[C@H](Nc1cc(Cl)c2ncc(C#N)c(Nc3ccc(F)c(Cl)c3)c2c1)c1cn(C2CCN(CC)CC2)nn1. The molecule has 12 heteroatoms. The van der Waals surface area contributed by atoms with E-state index >= 15 is 0 Å². The third-order valence-corrected chi connectivity index (χ3v) is 8.24. The summed E-state index contributed by atoms with van der Waals surface area (Å²) in [6, 6.07) is 9.87. The second-order valence-corrected chi connectivity index (χ2v) is 11.3. The van der Waals surface area contributed by atoms with Crippen molar-refractivity contribution in [2.75, 3.05) is 37.3 Å². The number of pyridine rings is 1. The largest absolute Gasteiger partial charge is 0.373 e. The molecule has 0 saturated carbocycles. The molecule has 226 valence electrons. The van der Waals surface area contributed by atoms with Gasteiger partial charge in [-0.2, -0.15) is 5.26 Å². The molecule has 5 rings (SSSR count). The molecule has 2 aromatic heterocycles. The van der Waals surface area contributed by atoms with Crippen molar-refractivity contribution in [3.63, 3.8) is 0 Å². The molecule has 0 bridgehead atoms. The van der Waals surface area contributed by atoms with Crippen LogP contribution in [0.15, 0.2) is 72.0 Å². The van der Waals surface area contributed by atoms with Gasteiger partial charge in [-0.25, -0.2) is 9.07 Å². The first kappa shape index (κ1) is 31.1. The van der Waals surface area contributed by atoms with E-state index in [1.165, 1.54) is 18.3 Å². The summed E-state index contributed by atoms with van der Waals surface area (Å²) in [5.41, 5.74) is 3.82. The Hall–Kier alpha value is -4.30. The van der Waals surface area contributed by atoms with Gasteiger partial charge in [0.15, 0.2) is 0 Å². The van der Waals surface area contributed by atoms with E-state index in [0.29, 0.717) is 38.7 Å². The molecule has 4 aromatic rings. The minimum atomic E-state index is -0.541. The fourth-order valence-corrected chi connectivity index (χ4v) is 5.70. The lowest BCUT2D eigenvalue weighted by Crippen LogP contribution is -2.34. The van der Waals surface area contributed by atoms with Gasteiger partial charge in [-0.15, -0.1) is 5.10 Å². The first-order valence-electron chi connectivity index (χ1n) is 14.2. The van der Waals surface area contributed by atoms with Crippen LogP contribution in [0, 0.1) is 17.1 Å². The average molecular weight is 633 g/mol. The lowest BCUT2D eigenvalue weighted by molar-refractivity contribution is 0.186. The molecule has 9 nitrogen and oxygen atoms in total. The first-order chi connectivity index (χ1) is 21.3. The van der Waals surface area contributed by atoms with Crippen LogP contribution < -0.4 is 10.6 Å². The van der Waals surface area contributed by atoms with Crippen LogP contribution in [0.25, 0.3) is 10.9 Å². The number of nitrogens with zero attached hydrogens (tertiary/aromatic N) is 7. The van der Waals surface area contributed by atoms with Crippen molar-refractivity contribution < 1.29 is 4.39 Å². The van der Waals surface area contributed by atoms with Crippen molar-refractivity contribution in [2.45, 2.75) is 31.8 Å². The van der Waals surface area contributed by atoms with Gasteiger partial charge in [-0.3, -0.25) is 9.98 Å². The molecule has 0 radical (unpaired) electrons. The molecule has 1 aliphatic rings. The maximum Gasteiger partial charge on any atom is 0.141 e. The Labute approximate surface area is 265 Å². The van der Waals surface area contributed by atoms with Gasteiger partial charge in [0.05, 0.1) is 45.1 Å². The fraction of sp³-hybridized carbons (Fsp3) is 0.281. The van der Waals surface area contributed by atoms with Crippen molar-refractivity contribution in [2.24, 2.45) is 4.99 Å². The summed E-state index contributed by atoms with van der Waals surface area (Å²) in [6.07, 6.45) is 10.8. The van der Waals surface area contributed by atoms with E-state index in [1.54, 1.807) is 25.4 Å². The minimum absolute atomic E-state index is 0.0428. The number of fused-ring (bicyclic) bond motifs is 1. The number of aliphatic imine (C=N–C) groups is 1. The average Bonchev–Trinajstić information content (AvgIpc) is 3.52. The van der Waals surface area contributed by atoms with Crippen LogP contribution in [-0.4, -0.2) is 57.8 Å². The van der Waals surface area contributed by atoms with E-state index in [9.17, 15) is 9.65 Å². The Morgan fingerprint density at radius 2 is 2.00 bits per heavy atom. The Balaban J connectivity index is 1.52. The molecule has 0 aliphatic carbocycles. The highest BCUT2D eigenvalue weighted by Gasteiger charge is 2.24. The molecule has 1 fully saturated rings. The highest BCUT2D eigenvalue weighted by Crippen LogP contribution is 2.37. The summed E-state index contributed by atoms with van der Waals surface area (Å²) in [4.78, 5) is 10.9. The Bertz CT molecular complexity index is 1770. The zero-order valence-corrected chi connectivity index (χ0v) is 25.9. The van der Waals surface area contributed by atoms with Gasteiger partial charge in [-0.1, -0.05) is 48.0 Å². The van der Waals surface area contributed by atoms with Gasteiger partial charge in [0.25, 0.3) is 0 Å². The lowest BCUT2D eigenvalue weighted by Gasteiger charge is -2.30.